The van der Waals surface area contributed by atoms with Crippen LogP contribution in [0.2, 0.25) is 0 Å². The van der Waals surface area contributed by atoms with Crippen LogP contribution in [-0.4, -0.2) is 17.3 Å². The predicted octanol–water partition coefficient (Wildman–Crippen LogP) is 1.52. The molecule has 0 unspecified atom stereocenters. The number of hydrogen-bond donors (Lipinski definition) is 1. The number of amides is 1. The molecule has 1 aliphatic rings. The molecule has 1 amide bonds. The van der Waals surface area contributed by atoms with Gasteiger partial charge in [0.15, 0.2) is 11.5 Å². The number of aromatic nitrogens is 1. The van der Waals surface area contributed by atoms with E-state index in [2.05, 4.69) is 5.32 Å². The predicted molar refractivity (Wildman–Crippen MR) is 76.6 cm³/mol. The van der Waals surface area contributed by atoms with Gasteiger partial charge in [-0.1, -0.05) is 0 Å². The zero-order chi connectivity index (χ0) is 14.8. The van der Waals surface area contributed by atoms with E-state index in [1.54, 1.807) is 30.5 Å². The number of ether oxygens (including phenoxy) is 2. The summed E-state index contributed by atoms with van der Waals surface area (Å²) >= 11 is 0. The standard InChI is InChI=1S/C15H14N2O4/c1-10-4-5-17(15(19)6-10)8-14(18)16-11-2-3-12-13(7-11)21-9-20-12/h2-7H,8-9H2,1H3,(H,16,18). The lowest BCUT2D eigenvalue weighted by Crippen LogP contribution is -2.26. The van der Waals surface area contributed by atoms with E-state index in [-0.39, 0.29) is 24.8 Å². The number of benzene rings is 1. The van der Waals surface area contributed by atoms with Gasteiger partial charge in [0.05, 0.1) is 0 Å². The molecule has 108 valence electrons. The number of aryl methyl sites for hydroxylation is 1. The third-order valence-corrected chi connectivity index (χ3v) is 3.12. The molecular weight excluding hydrogens is 272 g/mol. The Labute approximate surface area is 120 Å². The smallest absolute Gasteiger partial charge is 0.251 e. The van der Waals surface area contributed by atoms with Gasteiger partial charge in [0, 0.05) is 24.0 Å². The molecule has 21 heavy (non-hydrogen) atoms. The largest absolute Gasteiger partial charge is 0.454 e. The van der Waals surface area contributed by atoms with E-state index in [9.17, 15) is 9.59 Å². The summed E-state index contributed by atoms with van der Waals surface area (Å²) in [5, 5.41) is 2.73. The van der Waals surface area contributed by atoms with Crippen molar-refractivity contribution >= 4 is 11.6 Å². The Morgan fingerprint density at radius 1 is 1.24 bits per heavy atom. The maximum Gasteiger partial charge on any atom is 0.251 e. The number of carbonyl (C=O) groups excluding carboxylic acids is 1. The van der Waals surface area contributed by atoms with Crippen LogP contribution in [0.3, 0.4) is 0 Å². The van der Waals surface area contributed by atoms with E-state index in [4.69, 9.17) is 9.47 Å². The number of rotatable bonds is 3. The van der Waals surface area contributed by atoms with Crippen molar-refractivity contribution in [1.29, 1.82) is 0 Å². The molecule has 0 bridgehead atoms. The second kappa shape index (κ2) is 5.32. The molecule has 1 aromatic carbocycles. The van der Waals surface area contributed by atoms with Gasteiger partial charge in [-0.05, 0) is 30.7 Å². The van der Waals surface area contributed by atoms with E-state index < -0.39 is 0 Å². The topological polar surface area (TPSA) is 69.6 Å². The van der Waals surface area contributed by atoms with Crippen molar-refractivity contribution in [3.05, 3.63) is 52.4 Å². The monoisotopic (exact) mass is 286 g/mol. The average Bonchev–Trinajstić information content (AvgIpc) is 2.89. The summed E-state index contributed by atoms with van der Waals surface area (Å²) in [7, 11) is 0. The van der Waals surface area contributed by atoms with Crippen molar-refractivity contribution in [3.8, 4) is 11.5 Å². The highest BCUT2D eigenvalue weighted by atomic mass is 16.7. The fourth-order valence-corrected chi connectivity index (χ4v) is 2.07. The second-order valence-electron chi connectivity index (χ2n) is 4.79. The number of nitrogens with zero attached hydrogens (tertiary/aromatic N) is 1. The van der Waals surface area contributed by atoms with Crippen molar-refractivity contribution in [2.24, 2.45) is 0 Å². The fraction of sp³-hybridized carbons (Fsp3) is 0.200. The summed E-state index contributed by atoms with van der Waals surface area (Å²) in [6, 6.07) is 8.43. The highest BCUT2D eigenvalue weighted by Crippen LogP contribution is 2.34. The van der Waals surface area contributed by atoms with Gasteiger partial charge in [0.2, 0.25) is 12.7 Å². The van der Waals surface area contributed by atoms with E-state index in [0.717, 1.165) is 5.56 Å². The van der Waals surface area contributed by atoms with Crippen molar-refractivity contribution in [1.82, 2.24) is 4.57 Å². The fourth-order valence-electron chi connectivity index (χ4n) is 2.07. The van der Waals surface area contributed by atoms with E-state index in [1.165, 1.54) is 10.6 Å². The molecule has 6 heteroatoms. The maximum absolute atomic E-state index is 12.0. The quantitative estimate of drug-likeness (QED) is 0.929. The van der Waals surface area contributed by atoms with Gasteiger partial charge >= 0.3 is 0 Å². The van der Waals surface area contributed by atoms with Crippen molar-refractivity contribution in [3.63, 3.8) is 0 Å². The first-order valence-electron chi connectivity index (χ1n) is 6.48. The molecular formula is C15H14N2O4. The third-order valence-electron chi connectivity index (χ3n) is 3.12. The lowest BCUT2D eigenvalue weighted by atomic mass is 10.2. The second-order valence-corrected chi connectivity index (χ2v) is 4.79. The summed E-state index contributed by atoms with van der Waals surface area (Å²) in [5.74, 6) is 0.975. The molecule has 0 saturated carbocycles. The van der Waals surface area contributed by atoms with Gasteiger partial charge in [-0.3, -0.25) is 9.59 Å². The molecule has 0 radical (unpaired) electrons. The minimum absolute atomic E-state index is 0.0342. The number of fused-ring (bicyclic) bond motifs is 1. The average molecular weight is 286 g/mol. The SMILES string of the molecule is Cc1ccn(CC(=O)Nc2ccc3c(c2)OCO3)c(=O)c1. The van der Waals surface area contributed by atoms with E-state index in [1.807, 2.05) is 6.92 Å². The number of anilines is 1. The van der Waals surface area contributed by atoms with Gasteiger partial charge in [0.25, 0.3) is 5.56 Å². The van der Waals surface area contributed by atoms with Crippen molar-refractivity contribution < 1.29 is 14.3 Å². The summed E-state index contributed by atoms with van der Waals surface area (Å²) in [6.45, 7) is 1.98. The molecule has 0 fully saturated rings. The Kier molecular flexibility index (Phi) is 3.35. The zero-order valence-corrected chi connectivity index (χ0v) is 11.5. The van der Waals surface area contributed by atoms with Crippen molar-refractivity contribution in [2.75, 3.05) is 12.1 Å². The highest BCUT2D eigenvalue weighted by molar-refractivity contribution is 5.90. The number of nitrogens with one attached hydrogen (secondary N) is 1. The van der Waals surface area contributed by atoms with E-state index >= 15 is 0 Å². The van der Waals surface area contributed by atoms with Crippen molar-refractivity contribution in [2.45, 2.75) is 13.5 Å². The molecule has 3 rings (SSSR count). The normalized spacial score (nSPS) is 12.2. The van der Waals surface area contributed by atoms with Gasteiger partial charge in [-0.25, -0.2) is 0 Å². The van der Waals surface area contributed by atoms with Gasteiger partial charge in [-0.15, -0.1) is 0 Å². The molecule has 2 aromatic rings. The van der Waals surface area contributed by atoms with Crippen LogP contribution < -0.4 is 20.3 Å². The van der Waals surface area contributed by atoms with Gasteiger partial charge in [0.1, 0.15) is 6.54 Å². The molecule has 6 nitrogen and oxygen atoms in total. The Bertz CT molecular complexity index is 752. The Hall–Kier alpha value is -2.76. The molecule has 0 saturated heterocycles. The minimum atomic E-state index is -0.278. The first-order valence-corrected chi connectivity index (χ1v) is 6.48. The molecule has 2 heterocycles. The molecule has 1 N–H and O–H groups in total. The Morgan fingerprint density at radius 2 is 2.05 bits per heavy atom. The Morgan fingerprint density at radius 3 is 2.86 bits per heavy atom. The molecule has 1 aromatic heterocycles. The van der Waals surface area contributed by atoms with Gasteiger partial charge < -0.3 is 19.4 Å². The lowest BCUT2D eigenvalue weighted by Gasteiger charge is -2.08. The van der Waals surface area contributed by atoms with Crippen LogP contribution in [0.5, 0.6) is 11.5 Å². The number of carbonyl (C=O) groups is 1. The molecule has 1 aliphatic heterocycles. The minimum Gasteiger partial charge on any atom is -0.454 e. The van der Waals surface area contributed by atoms with Crippen LogP contribution in [0, 0.1) is 6.92 Å². The molecule has 0 atom stereocenters. The first-order chi connectivity index (χ1) is 10.1. The van der Waals surface area contributed by atoms with Crippen LogP contribution in [0.1, 0.15) is 5.56 Å². The van der Waals surface area contributed by atoms with Crippen LogP contribution in [0.25, 0.3) is 0 Å². The number of pyridine rings is 1. The van der Waals surface area contributed by atoms with Crippen LogP contribution in [0.4, 0.5) is 5.69 Å². The third kappa shape index (κ3) is 2.89. The highest BCUT2D eigenvalue weighted by Gasteiger charge is 2.14. The van der Waals surface area contributed by atoms with Gasteiger partial charge in [-0.2, -0.15) is 0 Å². The van der Waals surface area contributed by atoms with Crippen LogP contribution >= 0.6 is 0 Å². The summed E-state index contributed by atoms with van der Waals surface area (Å²) in [4.78, 5) is 23.7. The molecule has 0 aliphatic carbocycles. The lowest BCUT2D eigenvalue weighted by molar-refractivity contribution is -0.116. The van der Waals surface area contributed by atoms with Crippen LogP contribution in [0.15, 0.2) is 41.3 Å². The maximum atomic E-state index is 12.0. The summed E-state index contributed by atoms with van der Waals surface area (Å²) in [5.41, 5.74) is 1.27. The first kappa shape index (κ1) is 13.2. The number of hydrogen-bond acceptors (Lipinski definition) is 4. The molecule has 0 spiro atoms. The summed E-state index contributed by atoms with van der Waals surface area (Å²) < 4.78 is 11.8. The van der Waals surface area contributed by atoms with Crippen LogP contribution in [-0.2, 0) is 11.3 Å². The Balaban J connectivity index is 1.70. The zero-order valence-electron chi connectivity index (χ0n) is 11.5. The summed E-state index contributed by atoms with van der Waals surface area (Å²) in [6.07, 6.45) is 1.61. The van der Waals surface area contributed by atoms with E-state index in [0.29, 0.717) is 17.2 Å².